The van der Waals surface area contributed by atoms with Crippen molar-refractivity contribution in [1.82, 2.24) is 5.32 Å². The summed E-state index contributed by atoms with van der Waals surface area (Å²) in [6.45, 7) is 13.5. The second-order valence-corrected chi connectivity index (χ2v) is 5.24. The Labute approximate surface area is 101 Å². The topological polar surface area (TPSA) is 30.5 Å². The molecule has 2 atom stereocenters. The van der Waals surface area contributed by atoms with Gasteiger partial charge in [0.25, 0.3) is 0 Å². The van der Waals surface area contributed by atoms with Crippen LogP contribution in [0.5, 0.6) is 0 Å². The fourth-order valence-corrected chi connectivity index (χ4v) is 1.53. The van der Waals surface area contributed by atoms with Crippen LogP contribution < -0.4 is 5.32 Å². The van der Waals surface area contributed by atoms with Gasteiger partial charge in [0.2, 0.25) is 0 Å². The van der Waals surface area contributed by atoms with Crippen molar-refractivity contribution in [2.45, 2.75) is 46.8 Å². The lowest BCUT2D eigenvalue weighted by Crippen LogP contribution is -2.37. The molecule has 0 radical (unpaired) electrons. The van der Waals surface area contributed by atoms with Gasteiger partial charge in [-0.1, -0.05) is 27.7 Å². The number of methoxy groups -OCH3 is 1. The quantitative estimate of drug-likeness (QED) is 0.660. The fraction of sp³-hybridized carbons (Fsp3) is 1.00. The predicted octanol–water partition coefficient (Wildman–Crippen LogP) is 2.31. The molecule has 1 N–H and O–H groups in total. The van der Waals surface area contributed by atoms with Crippen molar-refractivity contribution in [3.8, 4) is 0 Å². The first-order valence-electron chi connectivity index (χ1n) is 6.32. The Bertz CT molecular complexity index is 160. The maximum atomic E-state index is 5.95. The number of hydrogen-bond donors (Lipinski definition) is 1. The number of nitrogens with one attached hydrogen (secondary N) is 1. The highest BCUT2D eigenvalue weighted by Gasteiger charge is 2.16. The summed E-state index contributed by atoms with van der Waals surface area (Å²) >= 11 is 0. The maximum Gasteiger partial charge on any atom is 0.0784 e. The van der Waals surface area contributed by atoms with Crippen LogP contribution in [0.15, 0.2) is 0 Å². The fourth-order valence-electron chi connectivity index (χ4n) is 1.53. The van der Waals surface area contributed by atoms with Gasteiger partial charge < -0.3 is 14.8 Å². The third-order valence-corrected chi connectivity index (χ3v) is 2.45. The summed E-state index contributed by atoms with van der Waals surface area (Å²) in [6.07, 6.45) is 0.433. The summed E-state index contributed by atoms with van der Waals surface area (Å²) in [5, 5.41) is 3.45. The van der Waals surface area contributed by atoms with Gasteiger partial charge in [-0.2, -0.15) is 0 Å². The molecule has 0 aliphatic heterocycles. The Hall–Kier alpha value is -0.120. The minimum Gasteiger partial charge on any atom is -0.382 e. The zero-order valence-corrected chi connectivity index (χ0v) is 11.7. The van der Waals surface area contributed by atoms with Crippen molar-refractivity contribution in [1.29, 1.82) is 0 Å². The number of ether oxygens (including phenoxy) is 2. The second-order valence-electron chi connectivity index (χ2n) is 5.24. The Kier molecular flexibility index (Phi) is 8.90. The molecule has 0 aromatic rings. The van der Waals surface area contributed by atoms with E-state index < -0.39 is 0 Å². The standard InChI is InChI=1S/C13H29NO2/c1-10(2)7-14-8-13(11(3)4)16-12(5)9-15-6/h10-14H,7-9H2,1-6H3. The van der Waals surface area contributed by atoms with Crippen LogP contribution in [0, 0.1) is 11.8 Å². The Morgan fingerprint density at radius 3 is 2.06 bits per heavy atom. The highest BCUT2D eigenvalue weighted by molar-refractivity contribution is 4.68. The van der Waals surface area contributed by atoms with Crippen LogP contribution in [0.2, 0.25) is 0 Å². The summed E-state index contributed by atoms with van der Waals surface area (Å²) in [4.78, 5) is 0. The first kappa shape index (κ1) is 15.9. The SMILES string of the molecule is COCC(C)OC(CNCC(C)C)C(C)C. The van der Waals surface area contributed by atoms with E-state index in [9.17, 15) is 0 Å². The van der Waals surface area contributed by atoms with E-state index in [1.165, 1.54) is 0 Å². The highest BCUT2D eigenvalue weighted by Crippen LogP contribution is 2.09. The normalized spacial score (nSPS) is 15.8. The van der Waals surface area contributed by atoms with Gasteiger partial charge in [-0.25, -0.2) is 0 Å². The molecule has 0 aliphatic carbocycles. The van der Waals surface area contributed by atoms with Crippen LogP contribution in [-0.2, 0) is 9.47 Å². The Balaban J connectivity index is 3.88. The molecular weight excluding hydrogens is 202 g/mol. The van der Waals surface area contributed by atoms with Crippen LogP contribution in [-0.4, -0.2) is 39.0 Å². The van der Waals surface area contributed by atoms with E-state index in [-0.39, 0.29) is 12.2 Å². The van der Waals surface area contributed by atoms with Crippen molar-refractivity contribution in [3.05, 3.63) is 0 Å². The van der Waals surface area contributed by atoms with Gasteiger partial charge in [0, 0.05) is 13.7 Å². The minimum atomic E-state index is 0.165. The third-order valence-electron chi connectivity index (χ3n) is 2.45. The van der Waals surface area contributed by atoms with Gasteiger partial charge in [-0.05, 0) is 25.3 Å². The molecule has 0 spiro atoms. The molecular formula is C13H29NO2. The molecule has 0 fully saturated rings. The molecule has 0 aliphatic rings. The van der Waals surface area contributed by atoms with E-state index in [4.69, 9.17) is 9.47 Å². The molecule has 0 amide bonds. The van der Waals surface area contributed by atoms with E-state index in [1.807, 2.05) is 0 Å². The van der Waals surface area contributed by atoms with Crippen molar-refractivity contribution in [3.63, 3.8) is 0 Å². The molecule has 0 saturated heterocycles. The molecule has 98 valence electrons. The zero-order chi connectivity index (χ0) is 12.6. The summed E-state index contributed by atoms with van der Waals surface area (Å²) in [5.74, 6) is 1.21. The average Bonchev–Trinajstić information content (AvgIpc) is 2.15. The first-order valence-corrected chi connectivity index (χ1v) is 6.32. The predicted molar refractivity (Wildman–Crippen MR) is 68.8 cm³/mol. The highest BCUT2D eigenvalue weighted by atomic mass is 16.5. The molecule has 3 nitrogen and oxygen atoms in total. The van der Waals surface area contributed by atoms with Crippen molar-refractivity contribution >= 4 is 0 Å². The number of rotatable bonds is 9. The van der Waals surface area contributed by atoms with Gasteiger partial charge >= 0.3 is 0 Å². The van der Waals surface area contributed by atoms with Gasteiger partial charge in [0.1, 0.15) is 0 Å². The van der Waals surface area contributed by atoms with E-state index in [1.54, 1.807) is 7.11 Å². The average molecular weight is 231 g/mol. The van der Waals surface area contributed by atoms with Crippen LogP contribution >= 0.6 is 0 Å². The Morgan fingerprint density at radius 2 is 1.62 bits per heavy atom. The van der Waals surface area contributed by atoms with Gasteiger partial charge in [0.05, 0.1) is 18.8 Å². The largest absolute Gasteiger partial charge is 0.382 e. The molecule has 0 bridgehead atoms. The second kappa shape index (κ2) is 8.97. The molecule has 3 heteroatoms. The van der Waals surface area contributed by atoms with E-state index in [0.717, 1.165) is 13.1 Å². The molecule has 0 saturated carbocycles. The van der Waals surface area contributed by atoms with Crippen LogP contribution in [0.25, 0.3) is 0 Å². The van der Waals surface area contributed by atoms with Crippen molar-refractivity contribution in [2.24, 2.45) is 11.8 Å². The van der Waals surface area contributed by atoms with Crippen LogP contribution in [0.1, 0.15) is 34.6 Å². The molecule has 0 aromatic carbocycles. The zero-order valence-electron chi connectivity index (χ0n) is 11.7. The van der Waals surface area contributed by atoms with Crippen molar-refractivity contribution < 1.29 is 9.47 Å². The minimum absolute atomic E-state index is 0.165. The van der Waals surface area contributed by atoms with Gasteiger partial charge in [-0.15, -0.1) is 0 Å². The summed E-state index contributed by atoms with van der Waals surface area (Å²) in [5.41, 5.74) is 0. The lowest BCUT2D eigenvalue weighted by atomic mass is 10.1. The van der Waals surface area contributed by atoms with Gasteiger partial charge in [0.15, 0.2) is 0 Å². The molecule has 0 rings (SSSR count). The molecule has 16 heavy (non-hydrogen) atoms. The van der Waals surface area contributed by atoms with E-state index >= 15 is 0 Å². The first-order chi connectivity index (χ1) is 7.47. The maximum absolute atomic E-state index is 5.95. The lowest BCUT2D eigenvalue weighted by Gasteiger charge is -2.26. The van der Waals surface area contributed by atoms with Gasteiger partial charge in [-0.3, -0.25) is 0 Å². The lowest BCUT2D eigenvalue weighted by molar-refractivity contribution is -0.0557. The van der Waals surface area contributed by atoms with E-state index in [2.05, 4.69) is 39.9 Å². The molecule has 2 unspecified atom stereocenters. The number of hydrogen-bond acceptors (Lipinski definition) is 3. The smallest absolute Gasteiger partial charge is 0.0784 e. The summed E-state index contributed by atoms with van der Waals surface area (Å²) in [6, 6.07) is 0. The van der Waals surface area contributed by atoms with Crippen LogP contribution in [0.3, 0.4) is 0 Å². The molecule has 0 heterocycles. The third kappa shape index (κ3) is 8.08. The van der Waals surface area contributed by atoms with E-state index in [0.29, 0.717) is 18.4 Å². The van der Waals surface area contributed by atoms with Crippen LogP contribution in [0.4, 0.5) is 0 Å². The Morgan fingerprint density at radius 1 is 1.00 bits per heavy atom. The summed E-state index contributed by atoms with van der Waals surface area (Å²) < 4.78 is 11.0. The van der Waals surface area contributed by atoms with Crippen molar-refractivity contribution in [2.75, 3.05) is 26.8 Å². The molecule has 0 aromatic heterocycles. The monoisotopic (exact) mass is 231 g/mol. The summed E-state index contributed by atoms with van der Waals surface area (Å²) in [7, 11) is 1.71.